The monoisotopic (exact) mass is 996 g/mol. The molecule has 8 N–H and O–H groups in total. The molecule has 7 aliphatic rings. The van der Waals surface area contributed by atoms with E-state index in [4.69, 9.17) is 0 Å². The minimum absolute atomic E-state index is 0.0564. The molecule has 3 aliphatic carbocycles. The molecule has 0 spiro atoms. The number of aliphatic hydroxyl groups is 1. The molecule has 12 atom stereocenters. The Morgan fingerprint density at radius 1 is 0.791 bits per heavy atom. The number of hydrogen-bond acceptors (Lipinski definition) is 12. The molecule has 0 aromatic heterocycles. The van der Waals surface area contributed by atoms with Gasteiger partial charge >= 0.3 is 6.03 Å². The summed E-state index contributed by atoms with van der Waals surface area (Å²) in [7, 11) is -3.35. The molecule has 0 aromatic rings. The Bertz CT molecular complexity index is 1850. The third kappa shape index (κ3) is 14.2. The zero-order chi connectivity index (χ0) is 48.0. The fourth-order valence-electron chi connectivity index (χ4n) is 12.3. The molecule has 17 nitrogen and oxygen atoms in total. The van der Waals surface area contributed by atoms with Gasteiger partial charge in [-0.2, -0.15) is 0 Å². The van der Waals surface area contributed by atoms with Gasteiger partial charge in [-0.05, 0) is 106 Å². The Balaban J connectivity index is 0.820. The first kappa shape index (κ1) is 52.5. The molecule has 7 fully saturated rings. The number of urea groups is 1. The van der Waals surface area contributed by atoms with Gasteiger partial charge in [-0.1, -0.05) is 46.5 Å². The summed E-state index contributed by atoms with van der Waals surface area (Å²) in [6, 6.07) is -1.25. The predicted octanol–water partition coefficient (Wildman–Crippen LogP) is 2.75. The maximum Gasteiger partial charge on any atom is 0.315 e. The van der Waals surface area contributed by atoms with Crippen molar-refractivity contribution in [2.75, 3.05) is 57.2 Å². The van der Waals surface area contributed by atoms with E-state index in [0.29, 0.717) is 72.9 Å². The molecule has 0 aromatic carbocycles. The lowest BCUT2D eigenvalue weighted by Gasteiger charge is -2.40. The fourth-order valence-corrected chi connectivity index (χ4v) is 15.9. The lowest BCUT2D eigenvalue weighted by Crippen LogP contribution is -2.59. The van der Waals surface area contributed by atoms with Gasteiger partial charge < -0.3 is 41.9 Å². The van der Waals surface area contributed by atoms with Crippen molar-refractivity contribution in [3.05, 3.63) is 0 Å². The first-order valence-corrected chi connectivity index (χ1v) is 29.3. The van der Waals surface area contributed by atoms with E-state index in [1.165, 1.54) is 22.0 Å². The van der Waals surface area contributed by atoms with Gasteiger partial charge in [-0.3, -0.25) is 24.5 Å². The van der Waals surface area contributed by atoms with Crippen molar-refractivity contribution < 1.29 is 37.5 Å². The second-order valence-electron chi connectivity index (χ2n) is 22.2. The summed E-state index contributed by atoms with van der Waals surface area (Å²) in [4.78, 5) is 68.4. The summed E-state index contributed by atoms with van der Waals surface area (Å²) in [5.41, 5.74) is -0.875. The van der Waals surface area contributed by atoms with Crippen LogP contribution in [0.25, 0.3) is 0 Å². The van der Waals surface area contributed by atoms with E-state index in [2.05, 4.69) is 44.1 Å². The summed E-state index contributed by atoms with van der Waals surface area (Å²) in [6.45, 7) is 9.46. The van der Waals surface area contributed by atoms with Crippen LogP contribution in [-0.2, 0) is 29.2 Å². The van der Waals surface area contributed by atoms with Crippen LogP contribution < -0.4 is 37.2 Å². The van der Waals surface area contributed by atoms with Crippen LogP contribution in [0.5, 0.6) is 0 Å². The van der Waals surface area contributed by atoms with Gasteiger partial charge in [0.25, 0.3) is 0 Å². The standard InChI is InChI=1S/C47H81N9O8S3/c1-28-40(66-27-51-28)31-14-12-29(13-15-31)21-48-43(60)38-20-36(57)25-56(38)44(61)41(47(2,3)4)54-45(62)50-22-30-8-6-9-32(18-30)33-10-7-11-34(19-33)37-26-65-46(52-37)53-39(58)23-49-42(59)35-16-17-55(24-35)67(5,63)64/h28-38,40-41,46,51-52,57H,6-27H2,1-5H3,(H,48,60)(H,49,59)(H,53,58)(H2,50,54,62)/t28?,29?,30?,31?,32?,33?,34?,35?,36-,37?,38+,40?,41-,46?/m1/s1. The van der Waals surface area contributed by atoms with E-state index < -0.39 is 45.6 Å². The number of rotatable bonds is 15. The second kappa shape index (κ2) is 23.2. The zero-order valence-corrected chi connectivity index (χ0v) is 43.0. The van der Waals surface area contributed by atoms with Crippen LogP contribution in [-0.4, -0.2) is 151 Å². The van der Waals surface area contributed by atoms with Gasteiger partial charge in [0.2, 0.25) is 33.7 Å². The fraction of sp³-hybridized carbons (Fsp3) is 0.894. The molecule has 4 aliphatic heterocycles. The molecule has 4 saturated heterocycles. The van der Waals surface area contributed by atoms with Crippen molar-refractivity contribution in [3.63, 3.8) is 0 Å². The van der Waals surface area contributed by atoms with Crippen LogP contribution in [0, 0.1) is 46.8 Å². The van der Waals surface area contributed by atoms with Crippen LogP contribution in [0.3, 0.4) is 0 Å². The topological polar surface area (TPSA) is 230 Å². The third-order valence-electron chi connectivity index (χ3n) is 16.2. The number of β-amino-alcohol motifs (C(OH)–C–C–N with tert-alkyl or cyclic N) is 1. The van der Waals surface area contributed by atoms with Crippen molar-refractivity contribution in [2.24, 2.45) is 46.8 Å². The van der Waals surface area contributed by atoms with Crippen molar-refractivity contribution in [2.45, 2.75) is 159 Å². The first-order chi connectivity index (χ1) is 31.8. The first-order valence-electron chi connectivity index (χ1n) is 25.4. The SMILES string of the molecule is CC1NCSC1C1CCC(CNC(=O)[C@@H]2C[C@@H](O)CN2C(=O)[C@@H](NC(=O)NCC2CCCC(C3CCCC(C4CSC(NC(=O)CNC(=O)C5CCN(S(C)(=O)=O)C5)N4)C3)C2)C(C)(C)C)CC1. The molecule has 20 heteroatoms. The van der Waals surface area contributed by atoms with E-state index in [-0.39, 0.29) is 61.2 Å². The van der Waals surface area contributed by atoms with E-state index in [1.54, 1.807) is 11.8 Å². The van der Waals surface area contributed by atoms with E-state index in [9.17, 15) is 37.5 Å². The molecule has 4 heterocycles. The smallest absolute Gasteiger partial charge is 0.315 e. The minimum atomic E-state index is -3.35. The Morgan fingerprint density at radius 2 is 1.49 bits per heavy atom. The maximum absolute atomic E-state index is 14.2. The van der Waals surface area contributed by atoms with Crippen LogP contribution in [0.4, 0.5) is 4.79 Å². The Morgan fingerprint density at radius 3 is 2.18 bits per heavy atom. The normalized spacial score (nSPS) is 35.7. The van der Waals surface area contributed by atoms with E-state index in [0.717, 1.165) is 82.1 Å². The number of thioether (sulfide) groups is 2. The molecule has 3 saturated carbocycles. The molecule has 6 amide bonds. The highest BCUT2D eigenvalue weighted by atomic mass is 32.2. The van der Waals surface area contributed by atoms with Crippen molar-refractivity contribution in [1.29, 1.82) is 0 Å². The number of aliphatic hydroxyl groups excluding tert-OH is 1. The lowest BCUT2D eigenvalue weighted by molar-refractivity contribution is -0.142. The summed E-state index contributed by atoms with van der Waals surface area (Å²) in [5.74, 6) is 3.41. The van der Waals surface area contributed by atoms with Gasteiger partial charge in [0, 0.05) is 68.1 Å². The number of nitrogens with zero attached hydrogens (tertiary/aromatic N) is 2. The number of likely N-dealkylation sites (tertiary alicyclic amines) is 1. The zero-order valence-electron chi connectivity index (χ0n) is 40.6. The van der Waals surface area contributed by atoms with Crippen LogP contribution in [0.1, 0.15) is 118 Å². The molecule has 67 heavy (non-hydrogen) atoms. The van der Waals surface area contributed by atoms with Crippen LogP contribution >= 0.6 is 23.5 Å². The van der Waals surface area contributed by atoms with Crippen molar-refractivity contribution in [3.8, 4) is 0 Å². The Labute approximate surface area is 407 Å². The Kier molecular flexibility index (Phi) is 18.2. The van der Waals surface area contributed by atoms with Crippen molar-refractivity contribution >= 4 is 63.2 Å². The summed E-state index contributed by atoms with van der Waals surface area (Å²) in [5, 5.41) is 33.5. The number of carbonyl (C=O) groups excluding carboxylic acids is 5. The highest BCUT2D eigenvalue weighted by Gasteiger charge is 2.45. The highest BCUT2D eigenvalue weighted by Crippen LogP contribution is 2.44. The van der Waals surface area contributed by atoms with Gasteiger partial charge in [0.05, 0.1) is 24.8 Å². The summed E-state index contributed by atoms with van der Waals surface area (Å²) < 4.78 is 25.0. The molecular formula is C47H81N9O8S3. The lowest BCUT2D eigenvalue weighted by atomic mass is 9.67. The summed E-state index contributed by atoms with van der Waals surface area (Å²) >= 11 is 3.71. The largest absolute Gasteiger partial charge is 0.391 e. The van der Waals surface area contributed by atoms with Crippen LogP contribution in [0.15, 0.2) is 0 Å². The molecule has 7 rings (SSSR count). The van der Waals surface area contributed by atoms with E-state index >= 15 is 0 Å². The maximum atomic E-state index is 14.2. The quantitative estimate of drug-likeness (QED) is 0.119. The molecule has 0 radical (unpaired) electrons. The number of carbonyl (C=O) groups is 5. The average Bonchev–Trinajstić information content (AvgIpc) is 4.14. The second-order valence-corrected chi connectivity index (χ2v) is 26.5. The molecular weight excluding hydrogens is 915 g/mol. The highest BCUT2D eigenvalue weighted by molar-refractivity contribution is 8.00. The molecule has 380 valence electrons. The minimum Gasteiger partial charge on any atom is -0.391 e. The van der Waals surface area contributed by atoms with E-state index in [1.807, 2.05) is 32.5 Å². The third-order valence-corrected chi connectivity index (χ3v) is 20.1. The van der Waals surface area contributed by atoms with Crippen molar-refractivity contribution in [1.82, 2.24) is 46.4 Å². The number of nitrogens with one attached hydrogen (secondary N) is 7. The van der Waals surface area contributed by atoms with Crippen LogP contribution in [0.2, 0.25) is 0 Å². The number of hydrogen-bond donors (Lipinski definition) is 8. The number of sulfonamides is 1. The van der Waals surface area contributed by atoms with Gasteiger partial charge in [0.15, 0.2) is 0 Å². The average molecular weight is 996 g/mol. The summed E-state index contributed by atoms with van der Waals surface area (Å²) in [6.07, 6.45) is 14.4. The van der Waals surface area contributed by atoms with Gasteiger partial charge in [-0.15, -0.1) is 23.5 Å². The molecule has 9 unspecified atom stereocenters. The van der Waals surface area contributed by atoms with Gasteiger partial charge in [-0.25, -0.2) is 17.5 Å². The predicted molar refractivity (Wildman–Crippen MR) is 263 cm³/mol. The van der Waals surface area contributed by atoms with Gasteiger partial charge in [0.1, 0.15) is 17.6 Å². The molecule has 0 bridgehead atoms. The Hall–Kier alpha value is -2.36. The number of amides is 6.